The Morgan fingerprint density at radius 1 is 1.30 bits per heavy atom. The van der Waals surface area contributed by atoms with Crippen LogP contribution < -0.4 is 10.6 Å². The van der Waals surface area contributed by atoms with Gasteiger partial charge >= 0.3 is 0 Å². The number of halogens is 1. The Morgan fingerprint density at radius 2 is 2.11 bits per heavy atom. The van der Waals surface area contributed by atoms with Gasteiger partial charge in [-0.1, -0.05) is 0 Å². The molecule has 5 rings (SSSR count). The van der Waals surface area contributed by atoms with Crippen molar-refractivity contribution in [2.24, 2.45) is 0 Å². The predicted octanol–water partition coefficient (Wildman–Crippen LogP) is 3.04. The minimum absolute atomic E-state index is 0. The van der Waals surface area contributed by atoms with Gasteiger partial charge in [-0.2, -0.15) is 5.10 Å². The number of rotatable bonds is 4. The molecule has 8 heteroatoms. The number of hydrogen-bond donors (Lipinski definition) is 2. The van der Waals surface area contributed by atoms with Gasteiger partial charge in [0, 0.05) is 30.1 Å². The van der Waals surface area contributed by atoms with E-state index in [2.05, 4.69) is 20.7 Å². The highest BCUT2D eigenvalue weighted by molar-refractivity contribution is 5.98. The summed E-state index contributed by atoms with van der Waals surface area (Å²) in [5.74, 6) is 1.25. The maximum atomic E-state index is 13.2. The van der Waals surface area contributed by atoms with Crippen LogP contribution in [0.1, 0.15) is 37.5 Å². The maximum absolute atomic E-state index is 13.2. The molecule has 1 saturated carbocycles. The number of anilines is 1. The first-order valence-corrected chi connectivity index (χ1v) is 9.17. The van der Waals surface area contributed by atoms with E-state index in [0.29, 0.717) is 18.8 Å². The van der Waals surface area contributed by atoms with Crippen molar-refractivity contribution in [3.63, 3.8) is 0 Å². The number of benzene rings is 1. The number of piperidine rings is 1. The summed E-state index contributed by atoms with van der Waals surface area (Å²) in [5.41, 5.74) is 1.63. The Labute approximate surface area is 162 Å². The summed E-state index contributed by atoms with van der Waals surface area (Å²) in [6.45, 7) is 1.58. The van der Waals surface area contributed by atoms with Crippen molar-refractivity contribution in [3.05, 3.63) is 42.5 Å². The number of nitrogens with one attached hydrogen (secondary N) is 2. The lowest BCUT2D eigenvalue weighted by Gasteiger charge is -2.36. The number of carbonyl (C=O) groups is 1. The molecule has 1 aromatic carbocycles. The Kier molecular flexibility index (Phi) is 4.65. The number of nitrogens with zero attached hydrogens (tertiary/aromatic N) is 3. The van der Waals surface area contributed by atoms with Crippen molar-refractivity contribution in [1.82, 2.24) is 20.1 Å². The van der Waals surface area contributed by atoms with Gasteiger partial charge in [0.05, 0.1) is 0 Å². The van der Waals surface area contributed by atoms with Crippen molar-refractivity contribution in [2.45, 2.75) is 37.1 Å². The number of amides is 1. The van der Waals surface area contributed by atoms with Crippen LogP contribution >= 0.6 is 12.4 Å². The molecule has 1 aliphatic carbocycles. The van der Waals surface area contributed by atoms with E-state index < -0.39 is 5.54 Å². The molecule has 142 valence electrons. The second-order valence-electron chi connectivity index (χ2n) is 7.20. The Bertz CT molecular complexity index is 942. The molecule has 1 saturated heterocycles. The van der Waals surface area contributed by atoms with Crippen LogP contribution in [-0.4, -0.2) is 33.8 Å². The van der Waals surface area contributed by atoms with Crippen LogP contribution in [0.3, 0.4) is 0 Å². The van der Waals surface area contributed by atoms with Crippen LogP contribution in [0.25, 0.3) is 11.1 Å². The highest BCUT2D eigenvalue weighted by atomic mass is 35.5. The highest BCUT2D eigenvalue weighted by Crippen LogP contribution is 2.40. The van der Waals surface area contributed by atoms with Crippen LogP contribution in [-0.2, 0) is 10.3 Å². The zero-order valence-corrected chi connectivity index (χ0v) is 15.7. The monoisotopic (exact) mass is 387 g/mol. The van der Waals surface area contributed by atoms with Gasteiger partial charge in [0.2, 0.25) is 0 Å². The summed E-state index contributed by atoms with van der Waals surface area (Å²) in [6.07, 6.45) is 7.30. The number of hydrogen-bond acceptors (Lipinski definition) is 5. The summed E-state index contributed by atoms with van der Waals surface area (Å²) in [5, 5.41) is 10.7. The third-order valence-electron chi connectivity index (χ3n) is 5.39. The second kappa shape index (κ2) is 6.98. The Morgan fingerprint density at radius 3 is 2.81 bits per heavy atom. The van der Waals surface area contributed by atoms with Crippen molar-refractivity contribution < 1.29 is 9.21 Å². The lowest BCUT2D eigenvalue weighted by Crippen LogP contribution is -2.52. The molecule has 0 bridgehead atoms. The number of fused-ring (bicyclic) bond motifs is 1. The molecule has 3 aromatic rings. The van der Waals surface area contributed by atoms with Gasteiger partial charge in [-0.05, 0) is 57.0 Å². The first-order chi connectivity index (χ1) is 12.7. The Balaban J connectivity index is 0.00000180. The SMILES string of the molecule is Cl.O=C(Nc1ccc2nc(C3CC3)oc2c1)C1(n2cccn2)CCNCC1. The zero-order chi connectivity index (χ0) is 17.6. The molecule has 3 heterocycles. The molecule has 0 unspecified atom stereocenters. The molecule has 1 amide bonds. The van der Waals surface area contributed by atoms with Gasteiger partial charge in [0.15, 0.2) is 11.5 Å². The van der Waals surface area contributed by atoms with Crippen molar-refractivity contribution in [1.29, 1.82) is 0 Å². The summed E-state index contributed by atoms with van der Waals surface area (Å²) < 4.78 is 7.66. The van der Waals surface area contributed by atoms with Crippen molar-refractivity contribution in [2.75, 3.05) is 18.4 Å². The molecule has 2 N–H and O–H groups in total. The summed E-state index contributed by atoms with van der Waals surface area (Å²) in [6, 6.07) is 7.52. The van der Waals surface area contributed by atoms with Gasteiger partial charge < -0.3 is 15.1 Å². The quantitative estimate of drug-likeness (QED) is 0.718. The van der Waals surface area contributed by atoms with E-state index in [9.17, 15) is 4.79 Å². The maximum Gasteiger partial charge on any atom is 0.252 e. The molecule has 2 fully saturated rings. The largest absolute Gasteiger partial charge is 0.440 e. The lowest BCUT2D eigenvalue weighted by atomic mass is 9.87. The fourth-order valence-corrected chi connectivity index (χ4v) is 3.70. The van der Waals surface area contributed by atoms with Crippen LogP contribution in [0.4, 0.5) is 5.69 Å². The summed E-state index contributed by atoms with van der Waals surface area (Å²) >= 11 is 0. The first-order valence-electron chi connectivity index (χ1n) is 9.17. The Hall–Kier alpha value is -2.38. The standard InChI is InChI=1S/C19H21N5O2.ClH/c25-18(19(6-9-20-10-7-19)24-11-1-8-21-24)22-14-4-5-15-16(12-14)26-17(23-15)13-2-3-13;/h1,4-5,8,11-13,20H,2-3,6-7,9-10H2,(H,22,25);1H. The summed E-state index contributed by atoms with van der Waals surface area (Å²) in [4.78, 5) is 17.7. The van der Waals surface area contributed by atoms with E-state index in [-0.39, 0.29) is 18.3 Å². The fraction of sp³-hybridized carbons (Fsp3) is 0.421. The second-order valence-corrected chi connectivity index (χ2v) is 7.20. The fourth-order valence-electron chi connectivity index (χ4n) is 3.70. The van der Waals surface area contributed by atoms with E-state index in [1.807, 2.05) is 30.5 Å². The van der Waals surface area contributed by atoms with Crippen LogP contribution in [0.5, 0.6) is 0 Å². The topological polar surface area (TPSA) is 85.0 Å². The normalized spacial score (nSPS) is 18.8. The van der Waals surface area contributed by atoms with Crippen molar-refractivity contribution >= 4 is 35.1 Å². The highest BCUT2D eigenvalue weighted by Gasteiger charge is 2.42. The van der Waals surface area contributed by atoms with Gasteiger partial charge in [0.25, 0.3) is 5.91 Å². The molecular formula is C19H22ClN5O2. The minimum Gasteiger partial charge on any atom is -0.440 e. The zero-order valence-electron chi connectivity index (χ0n) is 14.9. The van der Waals surface area contributed by atoms with Crippen LogP contribution in [0.2, 0.25) is 0 Å². The first kappa shape index (κ1) is 18.0. The number of carbonyl (C=O) groups excluding carboxylic acids is 1. The molecule has 1 aliphatic heterocycles. The molecule has 27 heavy (non-hydrogen) atoms. The smallest absolute Gasteiger partial charge is 0.252 e. The van der Waals surface area contributed by atoms with Gasteiger partial charge in [-0.15, -0.1) is 12.4 Å². The number of aromatic nitrogens is 3. The lowest BCUT2D eigenvalue weighted by molar-refractivity contribution is -0.126. The van der Waals surface area contributed by atoms with E-state index in [1.54, 1.807) is 10.9 Å². The molecule has 2 aliphatic rings. The van der Waals surface area contributed by atoms with Gasteiger partial charge in [-0.25, -0.2) is 4.98 Å². The van der Waals surface area contributed by atoms with Crippen molar-refractivity contribution in [3.8, 4) is 0 Å². The molecule has 7 nitrogen and oxygen atoms in total. The average molecular weight is 388 g/mol. The van der Waals surface area contributed by atoms with E-state index in [4.69, 9.17) is 4.42 Å². The number of oxazole rings is 1. The minimum atomic E-state index is -0.662. The molecule has 0 spiro atoms. The molecular weight excluding hydrogens is 366 g/mol. The third kappa shape index (κ3) is 3.21. The molecule has 0 radical (unpaired) electrons. The van der Waals surface area contributed by atoms with Gasteiger partial charge in [0.1, 0.15) is 11.1 Å². The average Bonchev–Trinajstić information content (AvgIpc) is 3.19. The van der Waals surface area contributed by atoms with E-state index >= 15 is 0 Å². The van der Waals surface area contributed by atoms with Crippen LogP contribution in [0, 0.1) is 0 Å². The van der Waals surface area contributed by atoms with E-state index in [0.717, 1.165) is 48.6 Å². The van der Waals surface area contributed by atoms with E-state index in [1.165, 1.54) is 0 Å². The molecule has 0 atom stereocenters. The van der Waals surface area contributed by atoms with Crippen LogP contribution in [0.15, 0.2) is 41.1 Å². The summed E-state index contributed by atoms with van der Waals surface area (Å²) in [7, 11) is 0. The third-order valence-corrected chi connectivity index (χ3v) is 5.39. The predicted molar refractivity (Wildman–Crippen MR) is 104 cm³/mol. The molecule has 2 aromatic heterocycles. The van der Waals surface area contributed by atoms with Gasteiger partial charge in [-0.3, -0.25) is 9.48 Å².